The lowest BCUT2D eigenvalue weighted by atomic mass is 10.1. The van der Waals surface area contributed by atoms with Crippen LogP contribution in [0.4, 0.5) is 5.82 Å². The zero-order valence-electron chi connectivity index (χ0n) is 17.2. The summed E-state index contributed by atoms with van der Waals surface area (Å²) in [6, 6.07) is 14.2. The van der Waals surface area contributed by atoms with Crippen molar-refractivity contribution in [3.63, 3.8) is 0 Å². The summed E-state index contributed by atoms with van der Waals surface area (Å²) in [4.78, 5) is 17.2. The molecule has 9 heteroatoms. The van der Waals surface area contributed by atoms with Crippen molar-refractivity contribution in [2.75, 3.05) is 25.6 Å². The molecule has 1 aliphatic rings. The minimum atomic E-state index is -0.267. The molecule has 0 amide bonds. The summed E-state index contributed by atoms with van der Waals surface area (Å²) in [6.45, 7) is 2.77. The Morgan fingerprint density at radius 3 is 2.94 bits per heavy atom. The van der Waals surface area contributed by atoms with Crippen LogP contribution in [0.1, 0.15) is 11.7 Å². The Morgan fingerprint density at radius 2 is 2.06 bits per heavy atom. The lowest BCUT2D eigenvalue weighted by Gasteiger charge is -2.22. The number of aryl methyl sites for hydroxylation is 1. The van der Waals surface area contributed by atoms with Crippen LogP contribution in [0.25, 0.3) is 16.9 Å². The monoisotopic (exact) mass is 418 g/mol. The highest BCUT2D eigenvalue weighted by Gasteiger charge is 2.32. The van der Waals surface area contributed by atoms with Crippen LogP contribution in [0.15, 0.2) is 59.5 Å². The van der Waals surface area contributed by atoms with Crippen LogP contribution in [0.3, 0.4) is 0 Å². The molecule has 158 valence electrons. The van der Waals surface area contributed by atoms with E-state index in [1.165, 1.54) is 4.68 Å². The Bertz CT molecular complexity index is 1300. The molecule has 0 radical (unpaired) electrons. The number of hydrogen-bond donors (Lipinski definition) is 1. The highest BCUT2D eigenvalue weighted by atomic mass is 16.5. The number of anilines is 1. The largest absolute Gasteiger partial charge is 0.497 e. The van der Waals surface area contributed by atoms with Crippen LogP contribution in [0.5, 0.6) is 5.75 Å². The summed E-state index contributed by atoms with van der Waals surface area (Å²) >= 11 is 0. The molecule has 5 rings (SSSR count). The van der Waals surface area contributed by atoms with Crippen molar-refractivity contribution in [2.45, 2.75) is 19.0 Å². The van der Waals surface area contributed by atoms with E-state index in [-0.39, 0.29) is 17.6 Å². The van der Waals surface area contributed by atoms with E-state index in [0.29, 0.717) is 18.9 Å². The van der Waals surface area contributed by atoms with Gasteiger partial charge in [-0.05, 0) is 25.1 Å². The topological polar surface area (TPSA) is 95.6 Å². The van der Waals surface area contributed by atoms with Gasteiger partial charge in [-0.15, -0.1) is 0 Å². The number of benzene rings is 1. The second-order valence-corrected chi connectivity index (χ2v) is 7.47. The van der Waals surface area contributed by atoms with Gasteiger partial charge in [-0.1, -0.05) is 12.1 Å². The fraction of sp³-hybridized carbons (Fsp3) is 0.273. The Labute approximate surface area is 178 Å². The molecule has 3 aromatic heterocycles. The number of fused-ring (bicyclic) bond motifs is 1. The van der Waals surface area contributed by atoms with E-state index >= 15 is 0 Å². The number of ether oxygens (including phenoxy) is 2. The van der Waals surface area contributed by atoms with Crippen LogP contribution in [0, 0.1) is 6.92 Å². The first-order chi connectivity index (χ1) is 15.1. The quantitative estimate of drug-likeness (QED) is 0.531. The summed E-state index contributed by atoms with van der Waals surface area (Å²) in [7, 11) is 1.62. The summed E-state index contributed by atoms with van der Waals surface area (Å²) < 4.78 is 14.3. The average Bonchev–Trinajstić information content (AvgIpc) is 3.43. The average molecular weight is 418 g/mol. The number of nitrogens with one attached hydrogen (secondary N) is 1. The van der Waals surface area contributed by atoms with Gasteiger partial charge in [-0.2, -0.15) is 14.7 Å². The Morgan fingerprint density at radius 1 is 1.16 bits per heavy atom. The van der Waals surface area contributed by atoms with Crippen LogP contribution >= 0.6 is 0 Å². The molecule has 0 saturated carbocycles. The second kappa shape index (κ2) is 7.84. The first-order valence-corrected chi connectivity index (χ1v) is 10.0. The Kier molecular flexibility index (Phi) is 4.87. The molecule has 1 aliphatic heterocycles. The summed E-state index contributed by atoms with van der Waals surface area (Å²) in [6.07, 6.45) is 1.71. The maximum Gasteiger partial charge on any atom is 0.267 e. The van der Waals surface area contributed by atoms with Gasteiger partial charge in [-0.3, -0.25) is 4.79 Å². The second-order valence-electron chi connectivity index (χ2n) is 7.47. The smallest absolute Gasteiger partial charge is 0.267 e. The number of rotatable bonds is 5. The van der Waals surface area contributed by atoms with Gasteiger partial charge in [0.05, 0.1) is 38.3 Å². The normalized spacial score (nSPS) is 18.4. The van der Waals surface area contributed by atoms with Crippen LogP contribution in [-0.2, 0) is 4.74 Å². The molecule has 4 aromatic rings. The minimum Gasteiger partial charge on any atom is -0.497 e. The van der Waals surface area contributed by atoms with Crippen molar-refractivity contribution >= 4 is 11.5 Å². The van der Waals surface area contributed by atoms with Gasteiger partial charge in [0.15, 0.2) is 5.65 Å². The standard InChI is InChI=1S/C22H22N6O3/c1-14-10-21(28-20(24-14)8-9-23-28)25-18-12-31-13-19(18)27-22(29)7-6-17(26-27)15-4-3-5-16(11-15)30-2/h3-11,18-19,25H,12-13H2,1-2H3. The fourth-order valence-corrected chi connectivity index (χ4v) is 3.85. The molecule has 9 nitrogen and oxygen atoms in total. The number of nitrogens with zero attached hydrogens (tertiary/aromatic N) is 5. The highest BCUT2D eigenvalue weighted by molar-refractivity contribution is 5.60. The van der Waals surface area contributed by atoms with Crippen LogP contribution in [-0.4, -0.2) is 50.7 Å². The number of hydrogen-bond acceptors (Lipinski definition) is 7. The number of methoxy groups -OCH3 is 1. The predicted molar refractivity (Wildman–Crippen MR) is 115 cm³/mol. The molecule has 1 fully saturated rings. The maximum absolute atomic E-state index is 12.7. The van der Waals surface area contributed by atoms with E-state index in [4.69, 9.17) is 9.47 Å². The van der Waals surface area contributed by atoms with Crippen molar-refractivity contribution in [3.8, 4) is 17.0 Å². The van der Waals surface area contributed by atoms with Gasteiger partial charge in [0.1, 0.15) is 17.6 Å². The van der Waals surface area contributed by atoms with Gasteiger partial charge in [0.25, 0.3) is 5.56 Å². The number of aromatic nitrogens is 5. The zero-order chi connectivity index (χ0) is 21.4. The molecule has 2 atom stereocenters. The Hall–Kier alpha value is -3.72. The van der Waals surface area contributed by atoms with Gasteiger partial charge in [-0.25, -0.2) is 9.67 Å². The van der Waals surface area contributed by atoms with E-state index in [0.717, 1.165) is 28.5 Å². The first kappa shape index (κ1) is 19.3. The first-order valence-electron chi connectivity index (χ1n) is 10.0. The molecule has 0 bridgehead atoms. The van der Waals surface area contributed by atoms with Gasteiger partial charge in [0.2, 0.25) is 0 Å². The third-order valence-electron chi connectivity index (χ3n) is 5.38. The van der Waals surface area contributed by atoms with Crippen molar-refractivity contribution < 1.29 is 9.47 Å². The lowest BCUT2D eigenvalue weighted by Crippen LogP contribution is -2.37. The van der Waals surface area contributed by atoms with Gasteiger partial charge >= 0.3 is 0 Å². The third-order valence-corrected chi connectivity index (χ3v) is 5.38. The molecular weight excluding hydrogens is 396 g/mol. The third kappa shape index (κ3) is 3.64. The van der Waals surface area contributed by atoms with Crippen LogP contribution < -0.4 is 15.6 Å². The summed E-state index contributed by atoms with van der Waals surface area (Å²) in [5.41, 5.74) is 3.02. The molecule has 4 heterocycles. The predicted octanol–water partition coefficient (Wildman–Crippen LogP) is 2.32. The van der Waals surface area contributed by atoms with E-state index in [1.807, 2.05) is 43.3 Å². The fourth-order valence-electron chi connectivity index (χ4n) is 3.85. The maximum atomic E-state index is 12.7. The van der Waals surface area contributed by atoms with E-state index < -0.39 is 0 Å². The molecule has 31 heavy (non-hydrogen) atoms. The summed E-state index contributed by atoms with van der Waals surface area (Å²) in [5.74, 6) is 1.53. The molecule has 1 N–H and O–H groups in total. The zero-order valence-corrected chi connectivity index (χ0v) is 17.2. The molecular formula is C22H22N6O3. The lowest BCUT2D eigenvalue weighted by molar-refractivity contribution is 0.183. The van der Waals surface area contributed by atoms with Crippen molar-refractivity contribution in [1.29, 1.82) is 0 Å². The van der Waals surface area contributed by atoms with E-state index in [9.17, 15) is 4.79 Å². The molecule has 0 spiro atoms. The SMILES string of the molecule is COc1cccc(-c2ccc(=O)n(C3COCC3Nc3cc(C)nc4ccnn34)n2)c1. The minimum absolute atomic E-state index is 0.153. The van der Waals surface area contributed by atoms with Crippen molar-refractivity contribution in [1.82, 2.24) is 24.4 Å². The highest BCUT2D eigenvalue weighted by Crippen LogP contribution is 2.25. The van der Waals surface area contributed by atoms with Gasteiger partial charge < -0.3 is 14.8 Å². The molecule has 1 aromatic carbocycles. The molecule has 0 aliphatic carbocycles. The summed E-state index contributed by atoms with van der Waals surface area (Å²) in [5, 5.41) is 12.5. The van der Waals surface area contributed by atoms with Crippen molar-refractivity contribution in [3.05, 3.63) is 70.8 Å². The van der Waals surface area contributed by atoms with Crippen LogP contribution in [0.2, 0.25) is 0 Å². The molecule has 2 unspecified atom stereocenters. The van der Waals surface area contributed by atoms with Gasteiger partial charge in [0, 0.05) is 29.5 Å². The van der Waals surface area contributed by atoms with Crippen molar-refractivity contribution in [2.24, 2.45) is 0 Å². The Balaban J connectivity index is 1.49. The van der Waals surface area contributed by atoms with E-state index in [2.05, 4.69) is 20.5 Å². The van der Waals surface area contributed by atoms with E-state index in [1.54, 1.807) is 30.0 Å². The molecule has 1 saturated heterocycles.